The van der Waals surface area contributed by atoms with Gasteiger partial charge in [0.05, 0.1) is 18.8 Å². The summed E-state index contributed by atoms with van der Waals surface area (Å²) < 4.78 is 17.2. The molecule has 1 fully saturated rings. The van der Waals surface area contributed by atoms with Gasteiger partial charge in [-0.3, -0.25) is 0 Å². The van der Waals surface area contributed by atoms with Gasteiger partial charge in [0.15, 0.2) is 6.29 Å². The summed E-state index contributed by atoms with van der Waals surface area (Å²) >= 11 is 0. The summed E-state index contributed by atoms with van der Waals surface area (Å²) in [5.74, 6) is 0. The van der Waals surface area contributed by atoms with Crippen LogP contribution in [0.1, 0.15) is 39.5 Å². The fraction of sp³-hybridized carbons (Fsp3) is 1.00. The van der Waals surface area contributed by atoms with Crippen LogP contribution in [0.15, 0.2) is 10.2 Å². The zero-order valence-corrected chi connectivity index (χ0v) is 14.2. The molecule has 0 spiro atoms. The van der Waals surface area contributed by atoms with Gasteiger partial charge in [0.2, 0.25) is 0 Å². The maximum Gasteiger partial charge on any atom is 0.166 e. The van der Waals surface area contributed by atoms with Gasteiger partial charge in [-0.1, -0.05) is 36.9 Å². The normalized spacial score (nSPS) is 29.5. The smallest absolute Gasteiger partial charge is 0.166 e. The number of unbranched alkanes of at least 4 members (excludes halogenated alkanes) is 2. The number of aliphatic hydroxyl groups is 1. The van der Waals surface area contributed by atoms with E-state index < -0.39 is 30.6 Å². The molecule has 24 heavy (non-hydrogen) atoms. The van der Waals surface area contributed by atoms with Crippen molar-refractivity contribution in [2.45, 2.75) is 70.2 Å². The molecule has 1 N–H and O–H groups in total. The van der Waals surface area contributed by atoms with E-state index in [1.54, 1.807) is 0 Å². The zero-order valence-electron chi connectivity index (χ0n) is 14.2. The van der Waals surface area contributed by atoms with E-state index in [-0.39, 0.29) is 6.54 Å². The van der Waals surface area contributed by atoms with Crippen LogP contribution < -0.4 is 0 Å². The Balaban J connectivity index is 2.97. The molecule has 0 bridgehead atoms. The lowest BCUT2D eigenvalue weighted by atomic mass is 9.96. The summed E-state index contributed by atoms with van der Waals surface area (Å²) in [6.07, 6.45) is 0.340. The van der Waals surface area contributed by atoms with Crippen molar-refractivity contribution in [3.05, 3.63) is 20.9 Å². The van der Waals surface area contributed by atoms with Crippen LogP contribution in [0.4, 0.5) is 0 Å². The lowest BCUT2D eigenvalue weighted by Crippen LogP contribution is -2.59. The first-order valence-electron chi connectivity index (χ1n) is 8.31. The van der Waals surface area contributed by atoms with Crippen LogP contribution >= 0.6 is 0 Å². The van der Waals surface area contributed by atoms with Crippen molar-refractivity contribution >= 4 is 0 Å². The van der Waals surface area contributed by atoms with Gasteiger partial charge in [-0.25, -0.2) is 0 Å². The summed E-state index contributed by atoms with van der Waals surface area (Å²) in [4.78, 5) is 5.50. The number of ether oxygens (including phenoxy) is 3. The number of nitrogens with zero attached hydrogens (tertiary/aromatic N) is 6. The van der Waals surface area contributed by atoms with Crippen LogP contribution in [-0.2, 0) is 14.2 Å². The minimum absolute atomic E-state index is 0.000970. The summed E-state index contributed by atoms with van der Waals surface area (Å²) in [6, 6.07) is -0.916. The highest BCUT2D eigenvalue weighted by Crippen LogP contribution is 2.28. The molecule has 0 aliphatic carbocycles. The molecule has 0 aromatic rings. The Kier molecular flexibility index (Phi) is 10.2. The number of hydrogen-bond donors (Lipinski definition) is 1. The second kappa shape index (κ2) is 11.9. The third-order valence-corrected chi connectivity index (χ3v) is 3.76. The largest absolute Gasteiger partial charge is 0.375 e. The molecule has 1 heterocycles. The number of azide groups is 2. The second-order valence-corrected chi connectivity index (χ2v) is 5.55. The zero-order chi connectivity index (χ0) is 17.8. The number of hydrogen-bond acceptors (Lipinski definition) is 6. The number of aliphatic hydroxyl groups excluding tert-OH is 1. The van der Waals surface area contributed by atoms with Crippen LogP contribution in [0.5, 0.6) is 0 Å². The highest BCUT2D eigenvalue weighted by atomic mass is 16.6. The predicted molar refractivity (Wildman–Crippen MR) is 87.1 cm³/mol. The molecule has 10 nitrogen and oxygen atoms in total. The van der Waals surface area contributed by atoms with Crippen molar-refractivity contribution in [3.63, 3.8) is 0 Å². The molecule has 5 atom stereocenters. The standard InChI is InChI=1S/C14H26N6O4/c1-3-5-7-22-12-10(9-17-19-15)24-14(21)11(18-20-16)13(12)23-8-6-4-2/h10-14,21H,3-9H2,1-2H3/t10?,11?,12-,13?,14+/m1/s1. The SMILES string of the molecule is CCCCOC1C(N=[N+]=[N-])[C@@H](O)OC(CN=[N+]=[N-])[C@H]1OCCCC. The molecule has 0 radical (unpaired) electrons. The van der Waals surface area contributed by atoms with Crippen molar-refractivity contribution in [1.29, 1.82) is 0 Å². The van der Waals surface area contributed by atoms with Gasteiger partial charge in [-0.2, -0.15) is 0 Å². The van der Waals surface area contributed by atoms with Gasteiger partial charge in [0.25, 0.3) is 0 Å². The minimum Gasteiger partial charge on any atom is -0.375 e. The third kappa shape index (κ3) is 6.16. The molecule has 0 aromatic heterocycles. The van der Waals surface area contributed by atoms with Crippen LogP contribution in [0.25, 0.3) is 20.9 Å². The Morgan fingerprint density at radius 1 is 1.04 bits per heavy atom. The summed E-state index contributed by atoms with van der Waals surface area (Å²) in [5.41, 5.74) is 17.3. The van der Waals surface area contributed by atoms with E-state index in [1.807, 2.05) is 13.8 Å². The fourth-order valence-electron chi connectivity index (χ4n) is 2.47. The summed E-state index contributed by atoms with van der Waals surface area (Å²) in [5, 5.41) is 17.3. The van der Waals surface area contributed by atoms with Gasteiger partial charge in [0, 0.05) is 23.0 Å². The minimum atomic E-state index is -1.34. The van der Waals surface area contributed by atoms with Crippen molar-refractivity contribution < 1.29 is 19.3 Å². The molecule has 3 unspecified atom stereocenters. The van der Waals surface area contributed by atoms with E-state index in [1.165, 1.54) is 0 Å². The number of rotatable bonds is 11. The molecule has 1 aliphatic rings. The van der Waals surface area contributed by atoms with Crippen LogP contribution in [-0.4, -0.2) is 55.5 Å². The molecular formula is C14H26N6O4. The Bertz CT molecular complexity index is 453. The Labute approximate surface area is 141 Å². The van der Waals surface area contributed by atoms with Gasteiger partial charge < -0.3 is 19.3 Å². The average Bonchev–Trinajstić information content (AvgIpc) is 2.58. The predicted octanol–water partition coefficient (Wildman–Crippen LogP) is 3.06. The van der Waals surface area contributed by atoms with Crippen molar-refractivity contribution in [1.82, 2.24) is 0 Å². The topological polar surface area (TPSA) is 145 Å². The summed E-state index contributed by atoms with van der Waals surface area (Å²) in [6.45, 7) is 5.00. The summed E-state index contributed by atoms with van der Waals surface area (Å²) in [7, 11) is 0. The average molecular weight is 342 g/mol. The molecule has 1 rings (SSSR count). The highest BCUT2D eigenvalue weighted by Gasteiger charge is 2.46. The van der Waals surface area contributed by atoms with Crippen molar-refractivity contribution in [3.8, 4) is 0 Å². The van der Waals surface area contributed by atoms with Gasteiger partial charge in [0.1, 0.15) is 12.1 Å². The first kappa shape index (κ1) is 20.5. The lowest BCUT2D eigenvalue weighted by molar-refractivity contribution is -0.257. The Morgan fingerprint density at radius 3 is 2.21 bits per heavy atom. The molecule has 0 aromatic carbocycles. The molecule has 1 saturated heterocycles. The Morgan fingerprint density at radius 2 is 1.67 bits per heavy atom. The van der Waals surface area contributed by atoms with E-state index in [4.69, 9.17) is 25.3 Å². The highest BCUT2D eigenvalue weighted by molar-refractivity contribution is 4.96. The second-order valence-electron chi connectivity index (χ2n) is 5.55. The maximum absolute atomic E-state index is 10.1. The third-order valence-electron chi connectivity index (χ3n) is 3.76. The van der Waals surface area contributed by atoms with E-state index >= 15 is 0 Å². The lowest BCUT2D eigenvalue weighted by Gasteiger charge is -2.43. The first-order chi connectivity index (χ1) is 11.7. The van der Waals surface area contributed by atoms with Gasteiger partial charge >= 0.3 is 0 Å². The molecular weight excluding hydrogens is 316 g/mol. The molecule has 10 heteroatoms. The molecule has 0 saturated carbocycles. The van der Waals surface area contributed by atoms with E-state index in [9.17, 15) is 5.11 Å². The Hall–Kier alpha value is -1.54. The van der Waals surface area contributed by atoms with E-state index in [0.29, 0.717) is 13.2 Å². The monoisotopic (exact) mass is 342 g/mol. The quantitative estimate of drug-likeness (QED) is 0.266. The molecule has 0 amide bonds. The van der Waals surface area contributed by atoms with Gasteiger partial charge in [-0.05, 0) is 23.9 Å². The van der Waals surface area contributed by atoms with Crippen LogP contribution in [0.2, 0.25) is 0 Å². The van der Waals surface area contributed by atoms with E-state index in [2.05, 4.69) is 20.1 Å². The maximum atomic E-state index is 10.1. The first-order valence-corrected chi connectivity index (χ1v) is 8.31. The van der Waals surface area contributed by atoms with Crippen LogP contribution in [0, 0.1) is 0 Å². The molecule has 1 aliphatic heterocycles. The van der Waals surface area contributed by atoms with Crippen molar-refractivity contribution in [2.75, 3.05) is 19.8 Å². The molecule has 136 valence electrons. The van der Waals surface area contributed by atoms with Crippen molar-refractivity contribution in [2.24, 2.45) is 10.2 Å². The van der Waals surface area contributed by atoms with E-state index in [0.717, 1.165) is 25.7 Å². The van der Waals surface area contributed by atoms with Crippen LogP contribution in [0.3, 0.4) is 0 Å². The fourth-order valence-corrected chi connectivity index (χ4v) is 2.47. The van der Waals surface area contributed by atoms with Gasteiger partial charge in [-0.15, -0.1) is 0 Å².